The molecule has 0 bridgehead atoms. The van der Waals surface area contributed by atoms with E-state index in [0.29, 0.717) is 17.1 Å². The number of carbonyl (C=O) groups is 2. The van der Waals surface area contributed by atoms with E-state index in [1.807, 2.05) is 24.3 Å². The van der Waals surface area contributed by atoms with Crippen LogP contribution in [-0.4, -0.2) is 61.6 Å². The lowest BCUT2D eigenvalue weighted by atomic mass is 10.2. The average molecular weight is 371 g/mol. The number of hydrogen-bond donors (Lipinski definition) is 2. The molecular formula is C19H25N5O3. The number of piperazine rings is 1. The zero-order valence-electron chi connectivity index (χ0n) is 15.7. The highest BCUT2D eigenvalue weighted by atomic mass is 16.5. The van der Waals surface area contributed by atoms with E-state index in [0.717, 1.165) is 31.9 Å². The van der Waals surface area contributed by atoms with E-state index in [1.165, 1.54) is 0 Å². The highest BCUT2D eigenvalue weighted by Gasteiger charge is 2.14. The van der Waals surface area contributed by atoms with Gasteiger partial charge in [-0.05, 0) is 38.2 Å². The summed E-state index contributed by atoms with van der Waals surface area (Å²) in [5.74, 6) is 0.103. The molecule has 0 atom stereocenters. The Hall–Kier alpha value is -2.87. The zero-order chi connectivity index (χ0) is 19.2. The first kappa shape index (κ1) is 18.9. The van der Waals surface area contributed by atoms with Crippen LogP contribution in [0.1, 0.15) is 11.5 Å². The van der Waals surface area contributed by atoms with Gasteiger partial charge in [-0.3, -0.25) is 9.59 Å². The molecule has 8 nitrogen and oxygen atoms in total. The van der Waals surface area contributed by atoms with Crippen molar-refractivity contribution in [3.8, 4) is 0 Å². The summed E-state index contributed by atoms with van der Waals surface area (Å²) in [6.45, 7) is 5.77. The van der Waals surface area contributed by atoms with Gasteiger partial charge in [-0.2, -0.15) is 0 Å². The van der Waals surface area contributed by atoms with Gasteiger partial charge in [-0.15, -0.1) is 0 Å². The number of aromatic nitrogens is 1. The van der Waals surface area contributed by atoms with Gasteiger partial charge >= 0.3 is 0 Å². The fourth-order valence-electron chi connectivity index (χ4n) is 2.93. The Morgan fingerprint density at radius 3 is 2.44 bits per heavy atom. The van der Waals surface area contributed by atoms with Crippen LogP contribution in [-0.2, 0) is 16.0 Å². The van der Waals surface area contributed by atoms with E-state index >= 15 is 0 Å². The van der Waals surface area contributed by atoms with Crippen molar-refractivity contribution in [2.45, 2.75) is 13.3 Å². The van der Waals surface area contributed by atoms with Crippen molar-refractivity contribution in [3.05, 3.63) is 41.8 Å². The zero-order valence-corrected chi connectivity index (χ0v) is 15.7. The van der Waals surface area contributed by atoms with Crippen LogP contribution in [0.5, 0.6) is 0 Å². The fraction of sp³-hybridized carbons (Fsp3) is 0.421. The highest BCUT2D eigenvalue weighted by Crippen LogP contribution is 2.19. The lowest BCUT2D eigenvalue weighted by molar-refractivity contribution is -0.123. The quantitative estimate of drug-likeness (QED) is 0.788. The van der Waals surface area contributed by atoms with Crippen molar-refractivity contribution in [1.82, 2.24) is 15.4 Å². The second kappa shape index (κ2) is 8.68. The van der Waals surface area contributed by atoms with Crippen LogP contribution in [0, 0.1) is 6.92 Å². The Morgan fingerprint density at radius 2 is 1.81 bits per heavy atom. The number of rotatable bonds is 6. The maximum Gasteiger partial charge on any atom is 0.243 e. The molecule has 3 rings (SSSR count). The van der Waals surface area contributed by atoms with E-state index < -0.39 is 0 Å². The highest BCUT2D eigenvalue weighted by molar-refractivity contribution is 5.94. The molecule has 2 N–H and O–H groups in total. The molecule has 0 radical (unpaired) electrons. The largest absolute Gasteiger partial charge is 0.369 e. The molecule has 2 heterocycles. The Morgan fingerprint density at radius 1 is 1.11 bits per heavy atom. The fourth-order valence-corrected chi connectivity index (χ4v) is 2.93. The SMILES string of the molecule is Cc1cc(CC(=O)NCC(=O)Nc2ccc(N3CCN(C)CC3)cc2)no1. The molecular weight excluding hydrogens is 346 g/mol. The number of aryl methyl sites for hydroxylation is 1. The van der Waals surface area contributed by atoms with E-state index in [-0.39, 0.29) is 24.8 Å². The smallest absolute Gasteiger partial charge is 0.243 e. The van der Waals surface area contributed by atoms with Crippen LogP contribution in [0.25, 0.3) is 0 Å². The predicted octanol–water partition coefficient (Wildman–Crippen LogP) is 1.03. The Labute approximate surface area is 158 Å². The van der Waals surface area contributed by atoms with Crippen LogP contribution in [0.15, 0.2) is 34.9 Å². The van der Waals surface area contributed by atoms with Gasteiger partial charge in [0.2, 0.25) is 11.8 Å². The van der Waals surface area contributed by atoms with Crippen LogP contribution in [0.4, 0.5) is 11.4 Å². The summed E-state index contributed by atoms with van der Waals surface area (Å²) in [4.78, 5) is 28.5. The number of anilines is 2. The molecule has 0 aliphatic carbocycles. The monoisotopic (exact) mass is 371 g/mol. The van der Waals surface area contributed by atoms with Crippen molar-refractivity contribution < 1.29 is 14.1 Å². The summed E-state index contributed by atoms with van der Waals surface area (Å²) in [5.41, 5.74) is 2.40. The number of hydrogen-bond acceptors (Lipinski definition) is 6. The van der Waals surface area contributed by atoms with Crippen molar-refractivity contribution in [2.75, 3.05) is 50.0 Å². The molecule has 1 aliphatic heterocycles. The minimum Gasteiger partial charge on any atom is -0.369 e. The molecule has 0 unspecified atom stereocenters. The van der Waals surface area contributed by atoms with Gasteiger partial charge in [0.05, 0.1) is 18.7 Å². The van der Waals surface area contributed by atoms with E-state index in [4.69, 9.17) is 4.52 Å². The first-order chi connectivity index (χ1) is 13.0. The first-order valence-electron chi connectivity index (χ1n) is 9.02. The molecule has 0 spiro atoms. The van der Waals surface area contributed by atoms with Crippen molar-refractivity contribution in [1.29, 1.82) is 0 Å². The van der Waals surface area contributed by atoms with Crippen molar-refractivity contribution >= 4 is 23.2 Å². The second-order valence-electron chi connectivity index (χ2n) is 6.77. The molecule has 2 aromatic rings. The van der Waals surface area contributed by atoms with Crippen LogP contribution < -0.4 is 15.5 Å². The number of nitrogens with zero attached hydrogens (tertiary/aromatic N) is 3. The van der Waals surface area contributed by atoms with Crippen LogP contribution >= 0.6 is 0 Å². The third kappa shape index (κ3) is 5.55. The average Bonchev–Trinajstić information content (AvgIpc) is 3.06. The molecule has 27 heavy (non-hydrogen) atoms. The molecule has 0 saturated carbocycles. The molecule has 8 heteroatoms. The third-order valence-corrected chi connectivity index (χ3v) is 4.48. The minimum absolute atomic E-state index is 0.0874. The summed E-state index contributed by atoms with van der Waals surface area (Å²) in [7, 11) is 2.13. The first-order valence-corrected chi connectivity index (χ1v) is 9.02. The van der Waals surface area contributed by atoms with Crippen LogP contribution in [0.3, 0.4) is 0 Å². The Bertz CT molecular complexity index is 779. The maximum absolute atomic E-state index is 12.0. The van der Waals surface area contributed by atoms with Gasteiger partial charge in [0.1, 0.15) is 5.76 Å². The minimum atomic E-state index is -0.274. The molecule has 1 fully saturated rings. The molecule has 1 aliphatic rings. The van der Waals surface area contributed by atoms with Gasteiger partial charge in [0.15, 0.2) is 0 Å². The number of benzene rings is 1. The molecule has 1 saturated heterocycles. The topological polar surface area (TPSA) is 90.7 Å². The Balaban J connectivity index is 1.43. The molecule has 1 aromatic heterocycles. The van der Waals surface area contributed by atoms with Gasteiger partial charge in [0, 0.05) is 43.6 Å². The number of nitrogens with one attached hydrogen (secondary N) is 2. The molecule has 2 amide bonds. The van der Waals surface area contributed by atoms with E-state index in [9.17, 15) is 9.59 Å². The van der Waals surface area contributed by atoms with Gasteiger partial charge in [0.25, 0.3) is 0 Å². The van der Waals surface area contributed by atoms with Gasteiger partial charge in [-0.25, -0.2) is 0 Å². The van der Waals surface area contributed by atoms with Crippen LogP contribution in [0.2, 0.25) is 0 Å². The second-order valence-corrected chi connectivity index (χ2v) is 6.77. The van der Waals surface area contributed by atoms with E-state index in [2.05, 4.69) is 32.6 Å². The van der Waals surface area contributed by atoms with Crippen molar-refractivity contribution in [3.63, 3.8) is 0 Å². The number of amides is 2. The lowest BCUT2D eigenvalue weighted by Gasteiger charge is -2.34. The van der Waals surface area contributed by atoms with Gasteiger partial charge in [-0.1, -0.05) is 5.16 Å². The normalized spacial score (nSPS) is 14.8. The van der Waals surface area contributed by atoms with Crippen molar-refractivity contribution in [2.24, 2.45) is 0 Å². The maximum atomic E-state index is 12.0. The number of likely N-dealkylation sites (N-methyl/N-ethyl adjacent to an activating group) is 1. The summed E-state index contributed by atoms with van der Waals surface area (Å²) in [5, 5.41) is 9.13. The lowest BCUT2D eigenvalue weighted by Crippen LogP contribution is -2.44. The van der Waals surface area contributed by atoms with E-state index in [1.54, 1.807) is 13.0 Å². The number of carbonyl (C=O) groups excluding carboxylic acids is 2. The molecule has 1 aromatic carbocycles. The summed E-state index contributed by atoms with van der Waals surface area (Å²) in [6.07, 6.45) is 0.0876. The standard InChI is InChI=1S/C19H25N5O3/c1-14-11-16(22-27-14)12-18(25)20-13-19(26)21-15-3-5-17(6-4-15)24-9-7-23(2)8-10-24/h3-6,11H,7-10,12-13H2,1-2H3,(H,20,25)(H,21,26). The summed E-state index contributed by atoms with van der Waals surface area (Å²) >= 11 is 0. The predicted molar refractivity (Wildman–Crippen MR) is 103 cm³/mol. The van der Waals surface area contributed by atoms with Gasteiger partial charge < -0.3 is 25.0 Å². The summed E-state index contributed by atoms with van der Waals surface area (Å²) < 4.78 is 4.91. The Kier molecular flexibility index (Phi) is 6.08. The third-order valence-electron chi connectivity index (χ3n) is 4.48. The summed E-state index contributed by atoms with van der Waals surface area (Å²) in [6, 6.07) is 9.47. The molecule has 144 valence electrons.